The van der Waals surface area contributed by atoms with E-state index >= 15 is 0 Å². The summed E-state index contributed by atoms with van der Waals surface area (Å²) >= 11 is 0. The van der Waals surface area contributed by atoms with Crippen molar-refractivity contribution in [2.24, 2.45) is 0 Å². The average molecular weight is 178 g/mol. The molecule has 1 unspecified atom stereocenters. The Kier molecular flexibility index (Phi) is 12.1. The molecule has 0 amide bonds. The molecule has 0 saturated carbocycles. The molecule has 0 aromatic heterocycles. The van der Waals surface area contributed by atoms with Crippen LogP contribution in [-0.2, 0) is 4.43 Å². The molecular weight excluding hydrogens is 158 g/mol. The summed E-state index contributed by atoms with van der Waals surface area (Å²) in [5.41, 5.74) is 0.525. The first-order valence-corrected chi connectivity index (χ1v) is 5.44. The van der Waals surface area contributed by atoms with Crippen LogP contribution in [0.15, 0.2) is 0 Å². The summed E-state index contributed by atoms with van der Waals surface area (Å²) in [4.78, 5) is 2.00. The predicted molar refractivity (Wildman–Crippen MR) is 54.3 cm³/mol. The number of hydrogen-bond donors (Lipinski definition) is 0. The molecule has 63 valence electrons. The smallest absolute Gasteiger partial charge is 0.145 e. The maximum Gasteiger partial charge on any atom is 0.145 e. The molecule has 2 nitrogen and oxygen atoms in total. The van der Waals surface area contributed by atoms with Crippen molar-refractivity contribution in [2.75, 3.05) is 21.1 Å². The van der Waals surface area contributed by atoms with Gasteiger partial charge in [-0.25, -0.2) is 0 Å². The van der Waals surface area contributed by atoms with Gasteiger partial charge in [-0.05, 0) is 27.6 Å². The van der Waals surface area contributed by atoms with Crippen LogP contribution >= 0.6 is 0 Å². The topological polar surface area (TPSA) is 12.5 Å². The summed E-state index contributed by atoms with van der Waals surface area (Å²) in [5.74, 6) is 0. The van der Waals surface area contributed by atoms with Crippen molar-refractivity contribution in [1.82, 2.24) is 4.90 Å². The van der Waals surface area contributed by atoms with Gasteiger partial charge in [-0.15, -0.1) is 0 Å². The highest BCUT2D eigenvalue weighted by molar-refractivity contribution is 6.13. The lowest BCUT2D eigenvalue weighted by atomic mass is 10.5. The van der Waals surface area contributed by atoms with Crippen LogP contribution in [0.2, 0.25) is 0 Å². The van der Waals surface area contributed by atoms with Gasteiger partial charge in [0.05, 0.1) is 0 Å². The Labute approximate surface area is 70.9 Å². The third-order valence-corrected chi connectivity index (χ3v) is 3.61. The lowest BCUT2D eigenvalue weighted by Gasteiger charge is -2.02. The Bertz CT molecular complexity index is 55.0. The van der Waals surface area contributed by atoms with Gasteiger partial charge in [-0.3, -0.25) is 0 Å². The normalized spacial score (nSPS) is 12.9. The van der Waals surface area contributed by atoms with E-state index in [9.17, 15) is 0 Å². The van der Waals surface area contributed by atoms with E-state index in [0.717, 1.165) is 27.1 Å². The van der Waals surface area contributed by atoms with Crippen LogP contribution in [0.3, 0.4) is 0 Å². The summed E-state index contributed by atoms with van der Waals surface area (Å²) in [6, 6.07) is 0. The Morgan fingerprint density at radius 3 is 1.80 bits per heavy atom. The first kappa shape index (κ1) is 13.0. The molecular formula is C6H20NOSi2. The molecule has 0 saturated heterocycles. The highest BCUT2D eigenvalue weighted by Gasteiger charge is 1.87. The largest absolute Gasteiger partial charge is 0.429 e. The quantitative estimate of drug-likeness (QED) is 0.471. The van der Waals surface area contributed by atoms with Crippen molar-refractivity contribution in [1.29, 1.82) is 0 Å². The van der Waals surface area contributed by atoms with Crippen LogP contribution in [0.5, 0.6) is 0 Å². The van der Waals surface area contributed by atoms with E-state index in [1.807, 2.05) is 26.0 Å². The number of rotatable bonds is 2. The minimum absolute atomic E-state index is 0.525. The average Bonchev–Trinajstić information content (AvgIpc) is 1.85. The molecule has 0 spiro atoms. The molecule has 4 heteroatoms. The van der Waals surface area contributed by atoms with E-state index in [1.54, 1.807) is 0 Å². The first-order chi connectivity index (χ1) is 4.54. The van der Waals surface area contributed by atoms with Crippen LogP contribution < -0.4 is 0 Å². The third-order valence-electron chi connectivity index (χ3n) is 0.809. The lowest BCUT2D eigenvalue weighted by molar-refractivity contribution is 0.312. The Morgan fingerprint density at radius 2 is 1.80 bits per heavy atom. The minimum Gasteiger partial charge on any atom is -0.429 e. The molecule has 0 aromatic rings. The molecule has 10 heavy (non-hydrogen) atoms. The fraction of sp³-hybridized carbons (Fsp3) is 0.833. The zero-order valence-corrected chi connectivity index (χ0v) is 11.8. The Morgan fingerprint density at radius 1 is 1.50 bits per heavy atom. The predicted octanol–water partition coefficient (Wildman–Crippen LogP) is -1.62. The fourth-order valence-electron chi connectivity index (χ4n) is 0.118. The number of hydrogen-bond acceptors (Lipinski definition) is 2. The summed E-state index contributed by atoms with van der Waals surface area (Å²) in [7, 11) is 8.02. The molecule has 0 aliphatic rings. The minimum atomic E-state index is 0.525. The summed E-state index contributed by atoms with van der Waals surface area (Å²) in [6.07, 6.45) is 0.954. The standard InChI is InChI=1S/C3H9N.C3H11OSi2/c1-4(2)3;1-2-3(5)4-6/h1-3H3;3H,1-2H2,5-6H3. The Hall–Kier alpha value is 0.354. The Balaban J connectivity index is 0. The van der Waals surface area contributed by atoms with Gasteiger partial charge in [-0.2, -0.15) is 0 Å². The molecule has 0 heterocycles. The van der Waals surface area contributed by atoms with Crippen molar-refractivity contribution in [3.8, 4) is 0 Å². The van der Waals surface area contributed by atoms with E-state index in [2.05, 4.69) is 6.92 Å². The highest BCUT2D eigenvalue weighted by Crippen LogP contribution is 1.83. The third kappa shape index (κ3) is 23.8. The zero-order valence-electron chi connectivity index (χ0n) is 7.85. The lowest BCUT2D eigenvalue weighted by Crippen LogP contribution is -2.07. The molecule has 0 fully saturated rings. The second-order valence-electron chi connectivity index (χ2n) is 2.68. The van der Waals surface area contributed by atoms with Gasteiger partial charge < -0.3 is 9.33 Å². The van der Waals surface area contributed by atoms with Gasteiger partial charge in [-0.1, -0.05) is 6.92 Å². The van der Waals surface area contributed by atoms with E-state index in [4.69, 9.17) is 4.43 Å². The summed E-state index contributed by atoms with van der Waals surface area (Å²) in [5, 5.41) is 0. The van der Waals surface area contributed by atoms with E-state index in [0.29, 0.717) is 5.73 Å². The van der Waals surface area contributed by atoms with Gasteiger partial charge in [0, 0.05) is 16.0 Å². The van der Waals surface area contributed by atoms with E-state index < -0.39 is 0 Å². The van der Waals surface area contributed by atoms with E-state index in [-0.39, 0.29) is 0 Å². The zero-order chi connectivity index (χ0) is 8.57. The second kappa shape index (κ2) is 9.35. The molecule has 1 radical (unpaired) electrons. The molecule has 0 aromatic carbocycles. The van der Waals surface area contributed by atoms with Gasteiger partial charge in [0.2, 0.25) is 0 Å². The molecule has 0 bridgehead atoms. The van der Waals surface area contributed by atoms with Crippen molar-refractivity contribution in [3.05, 3.63) is 6.92 Å². The highest BCUT2D eigenvalue weighted by atomic mass is 28.2. The maximum atomic E-state index is 5.04. The van der Waals surface area contributed by atoms with Gasteiger partial charge in [0.25, 0.3) is 0 Å². The van der Waals surface area contributed by atoms with Crippen molar-refractivity contribution >= 4 is 20.7 Å². The van der Waals surface area contributed by atoms with Gasteiger partial charge in [0.15, 0.2) is 0 Å². The van der Waals surface area contributed by atoms with Crippen LogP contribution in [0.4, 0.5) is 0 Å². The molecule has 1 atom stereocenters. The second-order valence-corrected chi connectivity index (χ2v) is 4.44. The summed E-state index contributed by atoms with van der Waals surface area (Å²) < 4.78 is 5.04. The number of nitrogens with zero attached hydrogens (tertiary/aromatic N) is 1. The first-order valence-electron chi connectivity index (χ1n) is 3.47. The SMILES string of the molecule is CN(C)C.[CH2]CC([SiH3])O[SiH3]. The maximum absolute atomic E-state index is 5.04. The molecule has 0 N–H and O–H groups in total. The monoisotopic (exact) mass is 178 g/mol. The van der Waals surface area contributed by atoms with Crippen molar-refractivity contribution < 1.29 is 4.43 Å². The molecule has 0 aliphatic carbocycles. The van der Waals surface area contributed by atoms with Gasteiger partial charge in [0.1, 0.15) is 10.5 Å². The van der Waals surface area contributed by atoms with Crippen molar-refractivity contribution in [2.45, 2.75) is 12.1 Å². The van der Waals surface area contributed by atoms with Crippen LogP contribution in [0.1, 0.15) is 6.42 Å². The van der Waals surface area contributed by atoms with E-state index in [1.165, 1.54) is 0 Å². The molecule has 0 aliphatic heterocycles. The van der Waals surface area contributed by atoms with Crippen LogP contribution in [0.25, 0.3) is 0 Å². The summed E-state index contributed by atoms with van der Waals surface area (Å²) in [6.45, 7) is 3.69. The van der Waals surface area contributed by atoms with Crippen LogP contribution in [-0.4, -0.2) is 52.5 Å². The van der Waals surface area contributed by atoms with Crippen LogP contribution in [0, 0.1) is 6.92 Å². The fourth-order valence-corrected chi connectivity index (χ4v) is 0.354. The van der Waals surface area contributed by atoms with Crippen molar-refractivity contribution in [3.63, 3.8) is 0 Å². The molecule has 0 rings (SSSR count). The van der Waals surface area contributed by atoms with Gasteiger partial charge >= 0.3 is 0 Å².